The Kier molecular flexibility index (Phi) is 2.46. The summed E-state index contributed by atoms with van der Waals surface area (Å²) < 4.78 is 0. The molecular weight excluding hydrogens is 237 g/mol. The molecule has 6 heteroatoms. The van der Waals surface area contributed by atoms with Crippen molar-refractivity contribution in [3.05, 3.63) is 33.9 Å². The molecule has 0 aliphatic rings. The van der Waals surface area contributed by atoms with Gasteiger partial charge in [0.25, 0.3) is 5.91 Å². The van der Waals surface area contributed by atoms with Crippen LogP contribution >= 0.6 is 23.2 Å². The van der Waals surface area contributed by atoms with Gasteiger partial charge in [0.2, 0.25) is 0 Å². The molecule has 0 unspecified atom stereocenters. The fourth-order valence-corrected chi connectivity index (χ4v) is 1.66. The molecule has 0 spiro atoms. The highest BCUT2D eigenvalue weighted by atomic mass is 35.5. The fourth-order valence-electron chi connectivity index (χ4n) is 1.20. The molecule has 2 rings (SSSR count). The summed E-state index contributed by atoms with van der Waals surface area (Å²) in [6, 6.07) is 4.94. The third kappa shape index (κ3) is 1.73. The van der Waals surface area contributed by atoms with E-state index in [0.717, 1.165) is 0 Å². The van der Waals surface area contributed by atoms with E-state index in [1.54, 1.807) is 18.2 Å². The van der Waals surface area contributed by atoms with Crippen molar-refractivity contribution in [2.24, 2.45) is 5.73 Å². The Morgan fingerprint density at radius 1 is 1.27 bits per heavy atom. The van der Waals surface area contributed by atoms with Crippen molar-refractivity contribution in [3.63, 3.8) is 0 Å². The lowest BCUT2D eigenvalue weighted by Crippen LogP contribution is -2.14. The van der Waals surface area contributed by atoms with Gasteiger partial charge in [0.15, 0.2) is 5.69 Å². The Balaban J connectivity index is 2.82. The SMILES string of the molecule is NC(=O)c1nnc2ccc(Cl)cc2c1Cl. The summed E-state index contributed by atoms with van der Waals surface area (Å²) in [6.45, 7) is 0. The van der Waals surface area contributed by atoms with Gasteiger partial charge in [-0.05, 0) is 18.2 Å². The normalized spacial score (nSPS) is 10.5. The molecule has 1 aromatic carbocycles. The van der Waals surface area contributed by atoms with E-state index in [0.29, 0.717) is 15.9 Å². The largest absolute Gasteiger partial charge is 0.364 e. The molecule has 1 heterocycles. The van der Waals surface area contributed by atoms with Crippen LogP contribution in [0, 0.1) is 0 Å². The summed E-state index contributed by atoms with van der Waals surface area (Å²) in [7, 11) is 0. The van der Waals surface area contributed by atoms with Gasteiger partial charge in [-0.25, -0.2) is 0 Å². The quantitative estimate of drug-likeness (QED) is 0.831. The molecule has 76 valence electrons. The van der Waals surface area contributed by atoms with Crippen molar-refractivity contribution in [2.75, 3.05) is 0 Å². The van der Waals surface area contributed by atoms with Gasteiger partial charge in [0.05, 0.1) is 10.5 Å². The Morgan fingerprint density at radius 3 is 2.67 bits per heavy atom. The van der Waals surface area contributed by atoms with E-state index in [-0.39, 0.29) is 10.7 Å². The van der Waals surface area contributed by atoms with Crippen molar-refractivity contribution in [2.45, 2.75) is 0 Å². The number of primary amides is 1. The maximum absolute atomic E-state index is 11.0. The highest BCUT2D eigenvalue weighted by molar-refractivity contribution is 6.38. The van der Waals surface area contributed by atoms with Crippen LogP contribution in [-0.4, -0.2) is 16.1 Å². The summed E-state index contributed by atoms with van der Waals surface area (Å²) >= 11 is 11.7. The summed E-state index contributed by atoms with van der Waals surface area (Å²) in [5, 5.41) is 8.69. The first-order valence-electron chi connectivity index (χ1n) is 4.01. The third-order valence-corrected chi connectivity index (χ3v) is 2.51. The number of aromatic nitrogens is 2. The summed E-state index contributed by atoms with van der Waals surface area (Å²) in [5.41, 5.74) is 5.60. The maximum atomic E-state index is 11.0. The van der Waals surface area contributed by atoms with Gasteiger partial charge in [-0.15, -0.1) is 10.2 Å². The third-order valence-electron chi connectivity index (χ3n) is 1.89. The van der Waals surface area contributed by atoms with E-state index in [1.165, 1.54) is 0 Å². The van der Waals surface area contributed by atoms with Crippen molar-refractivity contribution < 1.29 is 4.79 Å². The second-order valence-electron chi connectivity index (χ2n) is 2.89. The Bertz CT molecular complexity index is 556. The van der Waals surface area contributed by atoms with E-state index in [9.17, 15) is 4.79 Å². The minimum atomic E-state index is -0.714. The molecule has 0 aliphatic carbocycles. The van der Waals surface area contributed by atoms with Crippen LogP contribution in [0.3, 0.4) is 0 Å². The summed E-state index contributed by atoms with van der Waals surface area (Å²) in [6.07, 6.45) is 0. The van der Waals surface area contributed by atoms with Gasteiger partial charge in [-0.1, -0.05) is 23.2 Å². The second-order valence-corrected chi connectivity index (χ2v) is 3.70. The first kappa shape index (κ1) is 10.1. The van der Waals surface area contributed by atoms with E-state index >= 15 is 0 Å². The van der Waals surface area contributed by atoms with Crippen LogP contribution in [0.25, 0.3) is 10.9 Å². The van der Waals surface area contributed by atoms with Crippen LogP contribution in [0.15, 0.2) is 18.2 Å². The first-order chi connectivity index (χ1) is 7.09. The molecule has 4 nitrogen and oxygen atoms in total. The first-order valence-corrected chi connectivity index (χ1v) is 4.76. The van der Waals surface area contributed by atoms with Crippen LogP contribution in [0.1, 0.15) is 10.5 Å². The van der Waals surface area contributed by atoms with Crippen LogP contribution in [-0.2, 0) is 0 Å². The molecule has 0 saturated carbocycles. The molecule has 1 aromatic heterocycles. The number of carbonyl (C=O) groups is 1. The summed E-state index contributed by atoms with van der Waals surface area (Å²) in [4.78, 5) is 11.0. The van der Waals surface area contributed by atoms with Crippen molar-refractivity contribution in [1.29, 1.82) is 0 Å². The lowest BCUT2D eigenvalue weighted by Gasteiger charge is -2.02. The molecule has 0 radical (unpaired) electrons. The van der Waals surface area contributed by atoms with E-state index in [4.69, 9.17) is 28.9 Å². The number of halogens is 2. The lowest BCUT2D eigenvalue weighted by atomic mass is 10.2. The number of nitrogens with two attached hydrogens (primary N) is 1. The highest BCUT2D eigenvalue weighted by Crippen LogP contribution is 2.26. The Hall–Kier alpha value is -1.39. The molecule has 2 N–H and O–H groups in total. The smallest absolute Gasteiger partial charge is 0.270 e. The lowest BCUT2D eigenvalue weighted by molar-refractivity contribution is 0.0995. The zero-order valence-corrected chi connectivity index (χ0v) is 8.88. The van der Waals surface area contributed by atoms with Crippen LogP contribution in [0.2, 0.25) is 10.0 Å². The van der Waals surface area contributed by atoms with E-state index in [2.05, 4.69) is 10.2 Å². The average Bonchev–Trinajstić information content (AvgIpc) is 2.19. The van der Waals surface area contributed by atoms with Gasteiger partial charge in [-0.3, -0.25) is 4.79 Å². The highest BCUT2D eigenvalue weighted by Gasteiger charge is 2.13. The molecule has 2 aromatic rings. The summed E-state index contributed by atoms with van der Waals surface area (Å²) in [5.74, 6) is -0.714. The Morgan fingerprint density at radius 2 is 2.00 bits per heavy atom. The minimum Gasteiger partial charge on any atom is -0.364 e. The standard InChI is InChI=1S/C9H5Cl2N3O/c10-4-1-2-6-5(3-4)7(11)8(9(12)15)14-13-6/h1-3H,(H2,12,15). The van der Waals surface area contributed by atoms with Crippen LogP contribution < -0.4 is 5.73 Å². The Labute approximate surface area is 95.0 Å². The number of benzene rings is 1. The van der Waals surface area contributed by atoms with Gasteiger partial charge in [0, 0.05) is 10.4 Å². The second kappa shape index (κ2) is 3.64. The number of rotatable bonds is 1. The maximum Gasteiger partial charge on any atom is 0.270 e. The van der Waals surface area contributed by atoms with E-state index in [1.807, 2.05) is 0 Å². The molecule has 0 aliphatic heterocycles. The monoisotopic (exact) mass is 241 g/mol. The molecule has 0 fully saturated rings. The minimum absolute atomic E-state index is 0.0496. The van der Waals surface area contributed by atoms with Gasteiger partial charge < -0.3 is 5.73 Å². The number of hydrogen-bond acceptors (Lipinski definition) is 3. The zero-order valence-electron chi connectivity index (χ0n) is 7.37. The number of amides is 1. The number of carbonyl (C=O) groups excluding carboxylic acids is 1. The fraction of sp³-hybridized carbons (Fsp3) is 0. The molecule has 15 heavy (non-hydrogen) atoms. The van der Waals surface area contributed by atoms with Gasteiger partial charge in [0.1, 0.15) is 0 Å². The van der Waals surface area contributed by atoms with Crippen LogP contribution in [0.4, 0.5) is 0 Å². The zero-order chi connectivity index (χ0) is 11.0. The number of fused-ring (bicyclic) bond motifs is 1. The number of nitrogens with zero attached hydrogens (tertiary/aromatic N) is 2. The van der Waals surface area contributed by atoms with Crippen molar-refractivity contribution in [3.8, 4) is 0 Å². The molecular formula is C9H5Cl2N3O. The predicted molar refractivity (Wildman–Crippen MR) is 58.1 cm³/mol. The molecule has 0 saturated heterocycles. The van der Waals surface area contributed by atoms with E-state index < -0.39 is 5.91 Å². The topological polar surface area (TPSA) is 68.9 Å². The van der Waals surface area contributed by atoms with Crippen LogP contribution in [0.5, 0.6) is 0 Å². The van der Waals surface area contributed by atoms with Gasteiger partial charge >= 0.3 is 0 Å². The van der Waals surface area contributed by atoms with Crippen molar-refractivity contribution >= 4 is 40.0 Å². The van der Waals surface area contributed by atoms with Crippen molar-refractivity contribution in [1.82, 2.24) is 10.2 Å². The molecule has 1 amide bonds. The molecule has 0 atom stereocenters. The molecule has 0 bridgehead atoms. The van der Waals surface area contributed by atoms with Gasteiger partial charge in [-0.2, -0.15) is 0 Å². The average molecular weight is 242 g/mol. The predicted octanol–water partition coefficient (Wildman–Crippen LogP) is 2.04. The number of hydrogen-bond donors (Lipinski definition) is 1.